The fourth-order valence-corrected chi connectivity index (χ4v) is 5.35. The van der Waals surface area contributed by atoms with Gasteiger partial charge < -0.3 is 14.6 Å². The number of piperazine rings is 1. The van der Waals surface area contributed by atoms with E-state index in [9.17, 15) is 13.5 Å². The van der Waals surface area contributed by atoms with E-state index < -0.39 is 15.9 Å². The zero-order valence-electron chi connectivity index (χ0n) is 15.2. The summed E-state index contributed by atoms with van der Waals surface area (Å²) in [6.45, 7) is 4.20. The molecule has 0 unspecified atom stereocenters. The zero-order valence-corrected chi connectivity index (χ0v) is 16.0. The molecule has 0 bridgehead atoms. The molecule has 2 atom stereocenters. The number of aliphatic hydroxyl groups excluding tert-OH is 1. The molecule has 2 heterocycles. The molecule has 0 aromatic heterocycles. The fourth-order valence-electron chi connectivity index (χ4n) is 3.59. The van der Waals surface area contributed by atoms with Gasteiger partial charge >= 0.3 is 0 Å². The Labute approximate surface area is 155 Å². The normalized spacial score (nSPS) is 25.1. The Balaban J connectivity index is 1.37. The monoisotopic (exact) mass is 384 g/mol. The first kappa shape index (κ1) is 19.4. The summed E-state index contributed by atoms with van der Waals surface area (Å²) in [6.07, 6.45) is 0.191. The smallest absolute Gasteiger partial charge is 0.151 e. The summed E-state index contributed by atoms with van der Waals surface area (Å²) in [5, 5.41) is 10.2. The minimum absolute atomic E-state index is 0.172. The summed E-state index contributed by atoms with van der Waals surface area (Å²) >= 11 is 0. The van der Waals surface area contributed by atoms with Gasteiger partial charge in [0.2, 0.25) is 0 Å². The molecular formula is C18H28N2O5S. The molecule has 7 nitrogen and oxygen atoms in total. The van der Waals surface area contributed by atoms with Crippen molar-refractivity contribution in [2.45, 2.75) is 18.6 Å². The summed E-state index contributed by atoms with van der Waals surface area (Å²) < 4.78 is 34.0. The number of aliphatic hydroxyl groups is 1. The maximum absolute atomic E-state index is 11.6. The van der Waals surface area contributed by atoms with Gasteiger partial charge in [-0.25, -0.2) is 8.42 Å². The molecule has 146 valence electrons. The number of sulfone groups is 1. The van der Waals surface area contributed by atoms with Gasteiger partial charge in [-0.05, 0) is 30.7 Å². The first-order chi connectivity index (χ1) is 12.4. The van der Waals surface area contributed by atoms with E-state index in [0.29, 0.717) is 23.8 Å². The third-order valence-corrected chi connectivity index (χ3v) is 6.85. The summed E-state index contributed by atoms with van der Waals surface area (Å²) in [7, 11) is -1.22. The lowest BCUT2D eigenvalue weighted by atomic mass is 10.2. The molecule has 0 spiro atoms. The predicted octanol–water partition coefficient (Wildman–Crippen LogP) is 0.240. The summed E-state index contributed by atoms with van der Waals surface area (Å²) in [4.78, 5) is 4.49. The quantitative estimate of drug-likeness (QED) is 0.721. The van der Waals surface area contributed by atoms with E-state index in [4.69, 9.17) is 9.47 Å². The number of hydrogen-bond acceptors (Lipinski definition) is 7. The second kappa shape index (κ2) is 8.56. The highest BCUT2D eigenvalue weighted by molar-refractivity contribution is 7.91. The van der Waals surface area contributed by atoms with Crippen molar-refractivity contribution >= 4 is 9.84 Å². The van der Waals surface area contributed by atoms with Gasteiger partial charge in [0.1, 0.15) is 24.2 Å². The van der Waals surface area contributed by atoms with Crippen LogP contribution in [0.3, 0.4) is 0 Å². The van der Waals surface area contributed by atoms with Crippen LogP contribution in [0.15, 0.2) is 24.3 Å². The molecule has 0 aliphatic carbocycles. The van der Waals surface area contributed by atoms with E-state index in [1.165, 1.54) is 0 Å². The molecule has 2 aliphatic heterocycles. The van der Waals surface area contributed by atoms with E-state index in [-0.39, 0.29) is 12.6 Å². The van der Waals surface area contributed by atoms with Crippen molar-refractivity contribution in [3.63, 3.8) is 0 Å². The van der Waals surface area contributed by atoms with Crippen LogP contribution < -0.4 is 9.47 Å². The number of methoxy groups -OCH3 is 1. The molecule has 2 aliphatic rings. The van der Waals surface area contributed by atoms with Crippen LogP contribution >= 0.6 is 0 Å². The fraction of sp³-hybridized carbons (Fsp3) is 0.667. The van der Waals surface area contributed by atoms with Gasteiger partial charge in [0, 0.05) is 38.8 Å². The van der Waals surface area contributed by atoms with Crippen LogP contribution in [0.2, 0.25) is 0 Å². The van der Waals surface area contributed by atoms with Crippen LogP contribution in [0.25, 0.3) is 0 Å². The van der Waals surface area contributed by atoms with Crippen LogP contribution in [0.4, 0.5) is 0 Å². The maximum atomic E-state index is 11.6. The van der Waals surface area contributed by atoms with Crippen molar-refractivity contribution in [3.05, 3.63) is 24.3 Å². The van der Waals surface area contributed by atoms with E-state index in [1.807, 2.05) is 24.3 Å². The average Bonchev–Trinajstić information content (AvgIpc) is 3.01. The molecule has 1 aromatic carbocycles. The Hall–Kier alpha value is -1.35. The number of nitrogens with zero attached hydrogens (tertiary/aromatic N) is 2. The minimum atomic E-state index is -2.84. The van der Waals surface area contributed by atoms with Crippen LogP contribution in [0.1, 0.15) is 6.42 Å². The second-order valence-electron chi connectivity index (χ2n) is 7.03. The Morgan fingerprint density at radius 1 is 1.15 bits per heavy atom. The molecule has 0 saturated carbocycles. The topological polar surface area (TPSA) is 79.3 Å². The summed E-state index contributed by atoms with van der Waals surface area (Å²) in [5.41, 5.74) is 0. The van der Waals surface area contributed by atoms with Crippen LogP contribution in [0.5, 0.6) is 11.5 Å². The Kier molecular flexibility index (Phi) is 6.39. The van der Waals surface area contributed by atoms with Gasteiger partial charge in [-0.1, -0.05) is 0 Å². The highest BCUT2D eigenvalue weighted by atomic mass is 32.2. The third-order valence-electron chi connectivity index (χ3n) is 5.10. The van der Waals surface area contributed by atoms with Gasteiger partial charge in [-0.3, -0.25) is 9.80 Å². The first-order valence-corrected chi connectivity index (χ1v) is 10.9. The van der Waals surface area contributed by atoms with Crippen molar-refractivity contribution in [3.8, 4) is 11.5 Å². The molecule has 2 saturated heterocycles. The molecule has 0 radical (unpaired) electrons. The highest BCUT2D eigenvalue weighted by Gasteiger charge is 2.33. The van der Waals surface area contributed by atoms with E-state index in [1.54, 1.807) is 7.11 Å². The van der Waals surface area contributed by atoms with Crippen LogP contribution in [0, 0.1) is 0 Å². The van der Waals surface area contributed by atoms with Gasteiger partial charge in [0.15, 0.2) is 9.84 Å². The molecular weight excluding hydrogens is 356 g/mol. The molecule has 3 rings (SSSR count). The van der Waals surface area contributed by atoms with Crippen molar-refractivity contribution in [2.75, 3.05) is 57.9 Å². The van der Waals surface area contributed by atoms with Crippen LogP contribution in [-0.4, -0.2) is 93.4 Å². The predicted molar refractivity (Wildman–Crippen MR) is 99.6 cm³/mol. The molecule has 0 amide bonds. The first-order valence-electron chi connectivity index (χ1n) is 9.07. The SMILES string of the molecule is COc1ccc(OC[C@@H](O)CN2CCN([C@H]3CCS(=O)(=O)C3)CC2)cc1. The van der Waals surface area contributed by atoms with Crippen molar-refractivity contribution in [2.24, 2.45) is 0 Å². The molecule has 1 N–H and O–H groups in total. The molecule has 26 heavy (non-hydrogen) atoms. The lowest BCUT2D eigenvalue weighted by Crippen LogP contribution is -2.52. The number of hydrogen-bond donors (Lipinski definition) is 1. The summed E-state index contributed by atoms with van der Waals surface area (Å²) in [5.74, 6) is 2.09. The van der Waals surface area contributed by atoms with Crippen LogP contribution in [-0.2, 0) is 9.84 Å². The Morgan fingerprint density at radius 2 is 1.81 bits per heavy atom. The average molecular weight is 384 g/mol. The maximum Gasteiger partial charge on any atom is 0.151 e. The highest BCUT2D eigenvalue weighted by Crippen LogP contribution is 2.20. The number of benzene rings is 1. The number of rotatable bonds is 7. The Bertz CT molecular complexity index is 671. The second-order valence-corrected chi connectivity index (χ2v) is 9.26. The van der Waals surface area contributed by atoms with E-state index >= 15 is 0 Å². The lowest BCUT2D eigenvalue weighted by molar-refractivity contribution is 0.0389. The zero-order chi connectivity index (χ0) is 18.6. The Morgan fingerprint density at radius 3 is 2.38 bits per heavy atom. The number of ether oxygens (including phenoxy) is 2. The van der Waals surface area contributed by atoms with E-state index in [0.717, 1.165) is 38.3 Å². The molecule has 2 fully saturated rings. The van der Waals surface area contributed by atoms with Gasteiger partial charge in [0.25, 0.3) is 0 Å². The summed E-state index contributed by atoms with van der Waals surface area (Å²) in [6, 6.07) is 7.46. The number of β-amino-alcohol motifs (C(OH)–C–C–N with tert-alkyl or cyclic N) is 1. The molecule has 1 aromatic rings. The largest absolute Gasteiger partial charge is 0.497 e. The molecule has 8 heteroatoms. The van der Waals surface area contributed by atoms with Gasteiger partial charge in [0.05, 0.1) is 18.6 Å². The lowest BCUT2D eigenvalue weighted by Gasteiger charge is -2.38. The van der Waals surface area contributed by atoms with Gasteiger partial charge in [-0.15, -0.1) is 0 Å². The standard InChI is InChI=1S/C18H28N2O5S/c1-24-17-2-4-18(5-3-17)25-13-16(21)12-19-7-9-20(10-8-19)15-6-11-26(22,23)14-15/h2-5,15-16,21H,6-14H2,1H3/t15-,16-/m0/s1. The van der Waals surface area contributed by atoms with Crippen molar-refractivity contribution < 1.29 is 23.0 Å². The third kappa shape index (κ3) is 5.33. The van der Waals surface area contributed by atoms with Crippen molar-refractivity contribution in [1.29, 1.82) is 0 Å². The minimum Gasteiger partial charge on any atom is -0.497 e. The van der Waals surface area contributed by atoms with Gasteiger partial charge in [-0.2, -0.15) is 0 Å². The van der Waals surface area contributed by atoms with E-state index in [2.05, 4.69) is 9.80 Å². The van der Waals surface area contributed by atoms with Crippen molar-refractivity contribution in [1.82, 2.24) is 9.80 Å².